The molecule has 1 amide bonds. The molecule has 1 fully saturated rings. The molecule has 1 unspecified atom stereocenters. The molecule has 0 spiro atoms. The van der Waals surface area contributed by atoms with Crippen molar-refractivity contribution in [3.8, 4) is 0 Å². The van der Waals surface area contributed by atoms with Gasteiger partial charge in [-0.25, -0.2) is 0 Å². The fraction of sp³-hybridized carbons (Fsp3) is 0.909. The number of ether oxygens (including phenoxy) is 1. The molecule has 0 radical (unpaired) electrons. The molecule has 0 bridgehead atoms. The highest BCUT2D eigenvalue weighted by atomic mass is 16.5. The first-order valence-electron chi connectivity index (χ1n) is 5.50. The van der Waals surface area contributed by atoms with Crippen molar-refractivity contribution in [3.05, 3.63) is 0 Å². The lowest BCUT2D eigenvalue weighted by molar-refractivity contribution is -0.128. The maximum atomic E-state index is 10.9. The number of nitrogens with zero attached hydrogens (tertiary/aromatic N) is 1. The lowest BCUT2D eigenvalue weighted by Gasteiger charge is -2.16. The highest BCUT2D eigenvalue weighted by Crippen LogP contribution is 2.13. The van der Waals surface area contributed by atoms with E-state index < -0.39 is 0 Å². The highest BCUT2D eigenvalue weighted by molar-refractivity contribution is 5.73. The second kappa shape index (κ2) is 6.82. The maximum Gasteiger partial charge on any atom is 0.219 e. The van der Waals surface area contributed by atoms with Gasteiger partial charge in [0.1, 0.15) is 0 Å². The minimum Gasteiger partial charge on any atom is -0.374 e. The van der Waals surface area contributed by atoms with Crippen molar-refractivity contribution in [3.63, 3.8) is 0 Å². The monoisotopic (exact) mass is 201 g/mol. The molecule has 1 heterocycles. The van der Waals surface area contributed by atoms with Crippen molar-refractivity contribution in [2.75, 3.05) is 13.1 Å². The Bertz CT molecular complexity index is 169. The van der Waals surface area contributed by atoms with Crippen LogP contribution in [0.1, 0.15) is 41.0 Å². The summed E-state index contributed by atoms with van der Waals surface area (Å²) in [7, 11) is 0. The zero-order chi connectivity index (χ0) is 11.1. The van der Waals surface area contributed by atoms with Crippen LogP contribution in [0.4, 0.5) is 0 Å². The van der Waals surface area contributed by atoms with Crippen LogP contribution in [-0.4, -0.2) is 36.1 Å². The molecule has 1 aliphatic rings. The number of hydrogen-bond acceptors (Lipinski definition) is 2. The molecule has 3 nitrogen and oxygen atoms in total. The van der Waals surface area contributed by atoms with Gasteiger partial charge >= 0.3 is 0 Å². The molecule has 0 aromatic carbocycles. The van der Waals surface area contributed by atoms with E-state index in [0.717, 1.165) is 19.5 Å². The summed E-state index contributed by atoms with van der Waals surface area (Å²) in [5.74, 6) is 0.157. The predicted molar refractivity (Wildman–Crippen MR) is 58.2 cm³/mol. The van der Waals surface area contributed by atoms with Crippen molar-refractivity contribution < 1.29 is 9.53 Å². The molecule has 84 valence electrons. The van der Waals surface area contributed by atoms with E-state index in [0.29, 0.717) is 0 Å². The zero-order valence-electron chi connectivity index (χ0n) is 10.0. The van der Waals surface area contributed by atoms with E-state index in [1.165, 1.54) is 0 Å². The third kappa shape index (κ3) is 4.61. The van der Waals surface area contributed by atoms with E-state index in [9.17, 15) is 4.79 Å². The van der Waals surface area contributed by atoms with Crippen LogP contribution < -0.4 is 0 Å². The summed E-state index contributed by atoms with van der Waals surface area (Å²) < 4.78 is 5.60. The zero-order valence-corrected chi connectivity index (χ0v) is 10.0. The molecule has 0 saturated carbocycles. The molecule has 0 aliphatic carbocycles. The minimum atomic E-state index is 0.157. The SMILES string of the molecule is CC.CC(=O)N1CCC(OC(C)C)C1. The Morgan fingerprint density at radius 2 is 2.00 bits per heavy atom. The van der Waals surface area contributed by atoms with E-state index >= 15 is 0 Å². The Labute approximate surface area is 87.4 Å². The van der Waals surface area contributed by atoms with Gasteiger partial charge < -0.3 is 9.64 Å². The summed E-state index contributed by atoms with van der Waals surface area (Å²) >= 11 is 0. The van der Waals surface area contributed by atoms with E-state index in [1.54, 1.807) is 6.92 Å². The van der Waals surface area contributed by atoms with Crippen LogP contribution in [0.3, 0.4) is 0 Å². The number of carbonyl (C=O) groups excluding carboxylic acids is 1. The summed E-state index contributed by atoms with van der Waals surface area (Å²) in [5, 5.41) is 0. The summed E-state index contributed by atoms with van der Waals surface area (Å²) in [6.07, 6.45) is 1.51. The molecule has 14 heavy (non-hydrogen) atoms. The average molecular weight is 201 g/mol. The number of carbonyl (C=O) groups is 1. The van der Waals surface area contributed by atoms with E-state index in [2.05, 4.69) is 0 Å². The summed E-state index contributed by atoms with van der Waals surface area (Å²) in [5.41, 5.74) is 0. The van der Waals surface area contributed by atoms with Gasteiger partial charge in [0.25, 0.3) is 0 Å². The van der Waals surface area contributed by atoms with Gasteiger partial charge in [0.05, 0.1) is 12.2 Å². The normalized spacial score (nSPS) is 20.7. The summed E-state index contributed by atoms with van der Waals surface area (Å²) in [6.45, 7) is 11.3. The first kappa shape index (κ1) is 13.4. The average Bonchev–Trinajstić information content (AvgIpc) is 2.55. The van der Waals surface area contributed by atoms with Gasteiger partial charge in [-0.15, -0.1) is 0 Å². The third-order valence-corrected chi connectivity index (χ3v) is 2.05. The molecule has 1 rings (SSSR count). The van der Waals surface area contributed by atoms with Gasteiger partial charge in [-0.1, -0.05) is 13.8 Å². The van der Waals surface area contributed by atoms with Gasteiger partial charge in [-0.05, 0) is 20.3 Å². The fourth-order valence-corrected chi connectivity index (χ4v) is 1.51. The standard InChI is InChI=1S/C9H17NO2.C2H6/c1-7(2)12-9-4-5-10(6-9)8(3)11;1-2/h7,9H,4-6H2,1-3H3;1-2H3. The quantitative estimate of drug-likeness (QED) is 0.684. The maximum absolute atomic E-state index is 10.9. The first-order valence-corrected chi connectivity index (χ1v) is 5.50. The van der Waals surface area contributed by atoms with Crippen molar-refractivity contribution in [1.82, 2.24) is 4.90 Å². The van der Waals surface area contributed by atoms with Crippen molar-refractivity contribution in [2.24, 2.45) is 0 Å². The molecular formula is C11H23NO2. The minimum absolute atomic E-state index is 0.157. The van der Waals surface area contributed by atoms with Crippen molar-refractivity contribution in [1.29, 1.82) is 0 Å². The van der Waals surface area contributed by atoms with Crippen LogP contribution in [0, 0.1) is 0 Å². The van der Waals surface area contributed by atoms with Gasteiger partial charge in [0.2, 0.25) is 5.91 Å². The van der Waals surface area contributed by atoms with Crippen LogP contribution >= 0.6 is 0 Å². The van der Waals surface area contributed by atoms with Gasteiger partial charge in [-0.3, -0.25) is 4.79 Å². The van der Waals surface area contributed by atoms with Crippen LogP contribution in [-0.2, 0) is 9.53 Å². The summed E-state index contributed by atoms with van der Waals surface area (Å²) in [6, 6.07) is 0. The largest absolute Gasteiger partial charge is 0.374 e. The topological polar surface area (TPSA) is 29.5 Å². The van der Waals surface area contributed by atoms with Gasteiger partial charge in [0, 0.05) is 20.0 Å². The third-order valence-electron chi connectivity index (χ3n) is 2.05. The molecule has 1 saturated heterocycles. The van der Waals surface area contributed by atoms with Crippen LogP contribution in [0.25, 0.3) is 0 Å². The Morgan fingerprint density at radius 1 is 1.43 bits per heavy atom. The Hall–Kier alpha value is -0.570. The Kier molecular flexibility index (Phi) is 6.54. The van der Waals surface area contributed by atoms with Gasteiger partial charge in [-0.2, -0.15) is 0 Å². The molecule has 1 aliphatic heterocycles. The lowest BCUT2D eigenvalue weighted by Crippen LogP contribution is -2.28. The van der Waals surface area contributed by atoms with E-state index in [-0.39, 0.29) is 18.1 Å². The molecule has 0 aromatic rings. The number of rotatable bonds is 2. The predicted octanol–water partition coefficient (Wildman–Crippen LogP) is 2.06. The smallest absolute Gasteiger partial charge is 0.219 e. The Morgan fingerprint density at radius 3 is 2.36 bits per heavy atom. The van der Waals surface area contributed by atoms with Crippen molar-refractivity contribution in [2.45, 2.75) is 53.2 Å². The number of hydrogen-bond donors (Lipinski definition) is 0. The second-order valence-corrected chi connectivity index (χ2v) is 3.56. The van der Waals surface area contributed by atoms with Crippen LogP contribution in [0.5, 0.6) is 0 Å². The lowest BCUT2D eigenvalue weighted by atomic mass is 10.3. The first-order chi connectivity index (χ1) is 6.59. The van der Waals surface area contributed by atoms with Gasteiger partial charge in [0.15, 0.2) is 0 Å². The molecule has 1 atom stereocenters. The van der Waals surface area contributed by atoms with Crippen molar-refractivity contribution >= 4 is 5.91 Å². The fourth-order valence-electron chi connectivity index (χ4n) is 1.51. The molecule has 0 aromatic heterocycles. The second-order valence-electron chi connectivity index (χ2n) is 3.56. The molecule has 3 heteroatoms. The summed E-state index contributed by atoms with van der Waals surface area (Å²) in [4.78, 5) is 12.8. The number of likely N-dealkylation sites (tertiary alicyclic amines) is 1. The van der Waals surface area contributed by atoms with Crippen LogP contribution in [0.2, 0.25) is 0 Å². The van der Waals surface area contributed by atoms with Crippen LogP contribution in [0.15, 0.2) is 0 Å². The Balaban J connectivity index is 0.000000791. The van der Waals surface area contributed by atoms with E-state index in [1.807, 2.05) is 32.6 Å². The highest BCUT2D eigenvalue weighted by Gasteiger charge is 2.24. The number of amides is 1. The molecule has 0 N–H and O–H groups in total. The molecular weight excluding hydrogens is 178 g/mol. The van der Waals surface area contributed by atoms with E-state index in [4.69, 9.17) is 4.74 Å².